The van der Waals surface area contributed by atoms with E-state index in [1.54, 1.807) is 54.6 Å². The van der Waals surface area contributed by atoms with Crippen LogP contribution in [0.25, 0.3) is 0 Å². The molecule has 0 heterocycles. The summed E-state index contributed by atoms with van der Waals surface area (Å²) in [5.74, 6) is -1.95. The average Bonchev–Trinajstić information content (AvgIpc) is 3.41. The summed E-state index contributed by atoms with van der Waals surface area (Å²) >= 11 is 31.5. The fraction of sp³-hybridized carbons (Fsp3) is 0.300. The fourth-order valence-electron chi connectivity index (χ4n) is 4.53. The van der Waals surface area contributed by atoms with E-state index < -0.39 is 22.1 Å². The van der Waals surface area contributed by atoms with Gasteiger partial charge in [0, 0.05) is 45.7 Å². The van der Waals surface area contributed by atoms with Gasteiger partial charge in [0.25, 0.3) is 0 Å². The van der Waals surface area contributed by atoms with Crippen molar-refractivity contribution in [1.29, 1.82) is 0 Å². The molecular formula is C30H27Cl5N2O3. The smallest absolute Gasteiger partial charge is 0.231 e. The molecule has 3 aromatic rings. The van der Waals surface area contributed by atoms with Crippen molar-refractivity contribution in [1.82, 2.24) is 0 Å². The minimum Gasteiger partial charge on any atom is -0.326 e. The summed E-state index contributed by atoms with van der Waals surface area (Å²) in [5, 5.41) is 6.75. The van der Waals surface area contributed by atoms with Crippen molar-refractivity contribution in [3.63, 3.8) is 0 Å². The highest BCUT2D eigenvalue weighted by atomic mass is 35.5. The predicted molar refractivity (Wildman–Crippen MR) is 164 cm³/mol. The number of benzene rings is 3. The Morgan fingerprint density at radius 3 is 2.02 bits per heavy atom. The molecule has 1 saturated carbocycles. The van der Waals surface area contributed by atoms with Crippen LogP contribution < -0.4 is 10.6 Å². The lowest BCUT2D eigenvalue weighted by Gasteiger charge is -2.17. The predicted octanol–water partition coefficient (Wildman–Crippen LogP) is 8.97. The van der Waals surface area contributed by atoms with Crippen LogP contribution in [-0.2, 0) is 16.0 Å². The van der Waals surface area contributed by atoms with Crippen molar-refractivity contribution in [2.75, 3.05) is 10.6 Å². The molecule has 2 amide bonds. The van der Waals surface area contributed by atoms with E-state index in [9.17, 15) is 14.4 Å². The van der Waals surface area contributed by atoms with Crippen molar-refractivity contribution in [3.8, 4) is 0 Å². The number of alkyl halides is 2. The molecule has 1 aliphatic carbocycles. The van der Waals surface area contributed by atoms with Crippen molar-refractivity contribution >= 4 is 87.0 Å². The largest absolute Gasteiger partial charge is 0.326 e. The van der Waals surface area contributed by atoms with Crippen LogP contribution in [0.15, 0.2) is 60.7 Å². The molecule has 40 heavy (non-hydrogen) atoms. The molecule has 0 spiro atoms. The van der Waals surface area contributed by atoms with E-state index in [4.69, 9.17) is 58.0 Å². The second kappa shape index (κ2) is 11.9. The molecule has 0 bridgehead atoms. The Hall–Kier alpha value is -2.28. The van der Waals surface area contributed by atoms with Gasteiger partial charge >= 0.3 is 0 Å². The van der Waals surface area contributed by atoms with E-state index in [1.165, 1.54) is 6.07 Å². The Labute approximate surface area is 258 Å². The van der Waals surface area contributed by atoms with E-state index in [0.717, 1.165) is 5.56 Å². The molecule has 0 aliphatic heterocycles. The molecule has 5 nitrogen and oxygen atoms in total. The molecule has 1 aliphatic rings. The van der Waals surface area contributed by atoms with Crippen LogP contribution in [0.1, 0.15) is 54.6 Å². The van der Waals surface area contributed by atoms with E-state index in [2.05, 4.69) is 10.6 Å². The average molecular weight is 641 g/mol. The number of carbonyl (C=O) groups is 3. The third kappa shape index (κ3) is 7.51. The van der Waals surface area contributed by atoms with E-state index in [1.807, 2.05) is 20.8 Å². The molecule has 2 N–H and O–H groups in total. The summed E-state index contributed by atoms with van der Waals surface area (Å²) in [7, 11) is 0. The topological polar surface area (TPSA) is 75.3 Å². The first-order valence-electron chi connectivity index (χ1n) is 12.5. The van der Waals surface area contributed by atoms with Crippen LogP contribution in [0.4, 0.5) is 11.4 Å². The Bertz CT molecular complexity index is 1440. The number of ketones is 1. The molecule has 2 unspecified atom stereocenters. The lowest BCUT2D eigenvalue weighted by atomic mass is 9.92. The summed E-state index contributed by atoms with van der Waals surface area (Å²) in [6.45, 7) is 5.99. The van der Waals surface area contributed by atoms with Gasteiger partial charge in [0.15, 0.2) is 5.78 Å². The number of halogens is 5. The van der Waals surface area contributed by atoms with E-state index >= 15 is 0 Å². The zero-order chi connectivity index (χ0) is 29.4. The Kier molecular flexibility index (Phi) is 9.13. The zero-order valence-corrected chi connectivity index (χ0v) is 25.7. The van der Waals surface area contributed by atoms with Gasteiger partial charge in [-0.1, -0.05) is 67.7 Å². The molecule has 10 heteroatoms. The van der Waals surface area contributed by atoms with Gasteiger partial charge in [-0.25, -0.2) is 0 Å². The summed E-state index contributed by atoms with van der Waals surface area (Å²) in [6, 6.07) is 16.7. The molecule has 0 saturated heterocycles. The van der Waals surface area contributed by atoms with Gasteiger partial charge in [-0.15, -0.1) is 23.2 Å². The molecule has 1 fully saturated rings. The third-order valence-corrected chi connectivity index (χ3v) is 8.11. The molecule has 0 aromatic heterocycles. The van der Waals surface area contributed by atoms with Crippen molar-refractivity contribution in [2.45, 2.75) is 43.9 Å². The normalized spacial score (nSPS) is 17.7. The number of Topliss-reactive ketones (excluding diaryl/α,β-unsaturated/α-hetero) is 1. The minimum atomic E-state index is -1.33. The van der Waals surface area contributed by atoms with Crippen LogP contribution in [0.2, 0.25) is 15.1 Å². The van der Waals surface area contributed by atoms with Crippen LogP contribution in [0, 0.1) is 11.3 Å². The molecule has 2 atom stereocenters. The number of carbonyl (C=O) groups excluding carboxylic acids is 3. The van der Waals surface area contributed by atoms with Gasteiger partial charge in [0.05, 0.1) is 10.9 Å². The summed E-state index contributed by atoms with van der Waals surface area (Å²) < 4.78 is -1.33. The first-order chi connectivity index (χ1) is 18.6. The monoisotopic (exact) mass is 638 g/mol. The van der Waals surface area contributed by atoms with E-state index in [0.29, 0.717) is 33.4 Å². The lowest BCUT2D eigenvalue weighted by Crippen LogP contribution is -2.19. The van der Waals surface area contributed by atoms with Gasteiger partial charge in [-0.05, 0) is 65.1 Å². The summed E-state index contributed by atoms with van der Waals surface area (Å²) in [5.41, 5.74) is 2.59. The highest BCUT2D eigenvalue weighted by Crippen LogP contribution is 2.65. The lowest BCUT2D eigenvalue weighted by molar-refractivity contribution is -0.118. The summed E-state index contributed by atoms with van der Waals surface area (Å²) in [6.07, 6.45) is 0.478. The van der Waals surface area contributed by atoms with Crippen LogP contribution in [0.3, 0.4) is 0 Å². The van der Waals surface area contributed by atoms with Crippen LogP contribution in [0.5, 0.6) is 0 Å². The van der Waals surface area contributed by atoms with Gasteiger partial charge in [-0.3, -0.25) is 14.4 Å². The zero-order valence-electron chi connectivity index (χ0n) is 22.0. The highest BCUT2D eigenvalue weighted by Gasteiger charge is 2.67. The van der Waals surface area contributed by atoms with Crippen molar-refractivity contribution < 1.29 is 14.4 Å². The first-order valence-corrected chi connectivity index (χ1v) is 14.4. The molecule has 210 valence electrons. The number of anilines is 2. The maximum atomic E-state index is 13.1. The van der Waals surface area contributed by atoms with E-state index in [-0.39, 0.29) is 34.1 Å². The third-order valence-electron chi connectivity index (χ3n) is 6.41. The highest BCUT2D eigenvalue weighted by molar-refractivity contribution is 6.53. The SMILES string of the molecule is CC(C)(C)CC(=O)Nc1ccc(CC(=O)c2cc(NC(=O)C3C(c4cc(Cl)cc(Cl)c4)C3(Cl)Cl)ccc2Cl)cc1. The number of hydrogen-bond donors (Lipinski definition) is 2. The van der Waals surface area contributed by atoms with Gasteiger partial charge in [0.1, 0.15) is 4.33 Å². The maximum Gasteiger partial charge on any atom is 0.231 e. The van der Waals surface area contributed by atoms with Crippen molar-refractivity contribution in [3.05, 3.63) is 92.4 Å². The van der Waals surface area contributed by atoms with Gasteiger partial charge in [-0.2, -0.15) is 0 Å². The quantitative estimate of drug-likeness (QED) is 0.191. The Balaban J connectivity index is 1.41. The first kappa shape index (κ1) is 30.7. The van der Waals surface area contributed by atoms with Crippen molar-refractivity contribution in [2.24, 2.45) is 11.3 Å². The van der Waals surface area contributed by atoms with Crippen LogP contribution in [-0.4, -0.2) is 21.9 Å². The van der Waals surface area contributed by atoms with Gasteiger partial charge < -0.3 is 10.6 Å². The Morgan fingerprint density at radius 2 is 1.43 bits per heavy atom. The molecular weight excluding hydrogens is 614 g/mol. The molecule has 0 radical (unpaired) electrons. The van der Waals surface area contributed by atoms with Gasteiger partial charge in [0.2, 0.25) is 11.8 Å². The minimum absolute atomic E-state index is 0.0728. The number of nitrogens with one attached hydrogen (secondary N) is 2. The second-order valence-electron chi connectivity index (χ2n) is 11.1. The number of amides is 2. The second-order valence-corrected chi connectivity index (χ2v) is 13.8. The number of rotatable bonds is 8. The molecule has 3 aromatic carbocycles. The maximum absolute atomic E-state index is 13.1. The fourth-order valence-corrected chi connectivity index (χ4v) is 6.13. The summed E-state index contributed by atoms with van der Waals surface area (Å²) in [4.78, 5) is 38.4. The molecule has 4 rings (SSSR count). The standard InChI is InChI=1S/C30H27Cl5N2O3/c1-29(2,3)15-25(39)36-20-6-4-16(5-7-20)10-24(38)22-14-21(8-9-23(22)33)37-28(40)27-26(30(27,34)35)17-11-18(31)13-19(32)12-17/h4-9,11-14,26-27H,10,15H2,1-3H3,(H,36,39)(H,37,40). The van der Waals surface area contributed by atoms with Crippen LogP contribution >= 0.6 is 58.0 Å². The number of hydrogen-bond acceptors (Lipinski definition) is 3. The Morgan fingerprint density at radius 1 is 0.825 bits per heavy atom.